The van der Waals surface area contributed by atoms with E-state index in [0.29, 0.717) is 18.3 Å². The Labute approximate surface area is 111 Å². The van der Waals surface area contributed by atoms with E-state index in [4.69, 9.17) is 11.6 Å². The van der Waals surface area contributed by atoms with Crippen molar-refractivity contribution in [3.8, 4) is 0 Å². The van der Waals surface area contributed by atoms with Crippen LogP contribution in [-0.2, 0) is 9.84 Å². The molecule has 2 rings (SSSR count). The second-order valence-electron chi connectivity index (χ2n) is 4.15. The lowest BCUT2D eigenvalue weighted by molar-refractivity contribution is 0.600. The fourth-order valence-corrected chi connectivity index (χ4v) is 3.78. The van der Waals surface area contributed by atoms with Gasteiger partial charge in [0.05, 0.1) is 11.5 Å². The Kier molecular flexibility index (Phi) is 3.58. The van der Waals surface area contributed by atoms with Crippen molar-refractivity contribution in [2.75, 3.05) is 35.8 Å². The highest BCUT2D eigenvalue weighted by atomic mass is 35.5. The Morgan fingerprint density at radius 2 is 2.11 bits per heavy atom. The summed E-state index contributed by atoms with van der Waals surface area (Å²) in [4.78, 5) is 13.8. The lowest BCUT2D eigenvalue weighted by atomic mass is 10.2. The van der Waals surface area contributed by atoms with E-state index in [0.717, 1.165) is 0 Å². The lowest BCUT2D eigenvalue weighted by Gasteiger charge is -2.23. The molecule has 1 aromatic rings. The van der Waals surface area contributed by atoms with Crippen LogP contribution in [0.1, 0.15) is 6.42 Å². The van der Waals surface area contributed by atoms with E-state index in [1.54, 1.807) is 19.0 Å². The molecule has 0 spiro atoms. The minimum atomic E-state index is -2.94. The van der Waals surface area contributed by atoms with Gasteiger partial charge in [-0.2, -0.15) is 15.0 Å². The monoisotopic (exact) mass is 291 g/mol. The van der Waals surface area contributed by atoms with Crippen molar-refractivity contribution in [3.05, 3.63) is 5.28 Å². The first-order chi connectivity index (χ1) is 8.41. The van der Waals surface area contributed by atoms with Crippen molar-refractivity contribution in [2.24, 2.45) is 0 Å². The van der Waals surface area contributed by atoms with Gasteiger partial charge >= 0.3 is 0 Å². The largest absolute Gasteiger partial charge is 0.357 e. The van der Waals surface area contributed by atoms with Gasteiger partial charge in [0.25, 0.3) is 0 Å². The van der Waals surface area contributed by atoms with Gasteiger partial charge in [0.1, 0.15) is 0 Å². The molecular weight excluding hydrogens is 278 g/mol. The number of aromatic nitrogens is 3. The van der Waals surface area contributed by atoms with Crippen molar-refractivity contribution in [3.63, 3.8) is 0 Å². The Morgan fingerprint density at radius 3 is 2.67 bits per heavy atom. The van der Waals surface area contributed by atoms with E-state index in [2.05, 4.69) is 20.3 Å². The maximum atomic E-state index is 11.4. The first kappa shape index (κ1) is 13.3. The maximum absolute atomic E-state index is 11.4. The van der Waals surface area contributed by atoms with Gasteiger partial charge in [-0.3, -0.25) is 0 Å². The van der Waals surface area contributed by atoms with Crippen molar-refractivity contribution in [2.45, 2.75) is 12.5 Å². The Morgan fingerprint density at radius 1 is 1.39 bits per heavy atom. The van der Waals surface area contributed by atoms with Gasteiger partial charge in [0.2, 0.25) is 17.2 Å². The minimum Gasteiger partial charge on any atom is -0.357 e. The molecule has 1 aliphatic heterocycles. The van der Waals surface area contributed by atoms with Crippen LogP contribution in [0.3, 0.4) is 0 Å². The Bertz CT molecular complexity index is 550. The highest BCUT2D eigenvalue weighted by molar-refractivity contribution is 7.91. The third-order valence-corrected chi connectivity index (χ3v) is 4.81. The first-order valence-electron chi connectivity index (χ1n) is 5.44. The normalized spacial score (nSPS) is 21.8. The summed E-state index contributed by atoms with van der Waals surface area (Å²) in [6, 6.07) is -0.113. The SMILES string of the molecule is CNc1nc(Cl)nc(N(C)C2CCS(=O)(=O)C2)n1. The van der Waals surface area contributed by atoms with E-state index >= 15 is 0 Å². The molecule has 0 saturated carbocycles. The number of halogens is 1. The summed E-state index contributed by atoms with van der Waals surface area (Å²) in [5, 5.41) is 2.86. The lowest BCUT2D eigenvalue weighted by Crippen LogP contribution is -2.34. The molecule has 0 amide bonds. The van der Waals surface area contributed by atoms with Crippen LogP contribution >= 0.6 is 11.6 Å². The Hall–Kier alpha value is -1.15. The van der Waals surface area contributed by atoms with Crippen molar-refractivity contribution in [1.29, 1.82) is 0 Å². The summed E-state index contributed by atoms with van der Waals surface area (Å²) in [5.41, 5.74) is 0. The molecule has 0 aliphatic carbocycles. The fourth-order valence-electron chi connectivity index (χ4n) is 1.85. The maximum Gasteiger partial charge on any atom is 0.231 e. The second kappa shape index (κ2) is 4.85. The number of hydrogen-bond acceptors (Lipinski definition) is 7. The summed E-state index contributed by atoms with van der Waals surface area (Å²) in [7, 11) is 0.501. The third kappa shape index (κ3) is 2.81. The molecule has 0 bridgehead atoms. The van der Waals surface area contributed by atoms with Crippen LogP contribution in [0.25, 0.3) is 0 Å². The zero-order valence-electron chi connectivity index (χ0n) is 10.1. The molecule has 18 heavy (non-hydrogen) atoms. The van der Waals surface area contributed by atoms with E-state index < -0.39 is 9.84 Å². The third-order valence-electron chi connectivity index (χ3n) is 2.89. The number of nitrogens with one attached hydrogen (secondary N) is 1. The van der Waals surface area contributed by atoms with Gasteiger partial charge in [0, 0.05) is 20.1 Å². The molecule has 1 fully saturated rings. The van der Waals surface area contributed by atoms with E-state index in [1.165, 1.54) is 0 Å². The van der Waals surface area contributed by atoms with Crippen molar-refractivity contribution in [1.82, 2.24) is 15.0 Å². The predicted octanol–water partition coefficient (Wildman–Crippen LogP) is 0.190. The van der Waals surface area contributed by atoms with Crippen molar-refractivity contribution < 1.29 is 8.42 Å². The molecule has 1 aliphatic rings. The van der Waals surface area contributed by atoms with Crippen LogP contribution in [0.4, 0.5) is 11.9 Å². The molecule has 1 unspecified atom stereocenters. The number of anilines is 2. The molecule has 0 aromatic carbocycles. The van der Waals surface area contributed by atoms with Gasteiger partial charge in [0.15, 0.2) is 9.84 Å². The first-order valence-corrected chi connectivity index (χ1v) is 7.64. The fraction of sp³-hybridized carbons (Fsp3) is 0.667. The molecule has 1 N–H and O–H groups in total. The van der Waals surface area contributed by atoms with E-state index in [-0.39, 0.29) is 22.8 Å². The molecule has 1 atom stereocenters. The van der Waals surface area contributed by atoms with Crippen LogP contribution in [0.5, 0.6) is 0 Å². The summed E-state index contributed by atoms with van der Waals surface area (Å²) in [5.74, 6) is 1.07. The number of rotatable bonds is 3. The van der Waals surface area contributed by atoms with Crippen LogP contribution < -0.4 is 10.2 Å². The van der Waals surface area contributed by atoms with E-state index in [1.807, 2.05) is 0 Å². The molecule has 1 aromatic heterocycles. The van der Waals surface area contributed by atoms with Crippen LogP contribution in [0.15, 0.2) is 0 Å². The topological polar surface area (TPSA) is 88.1 Å². The summed E-state index contributed by atoms with van der Waals surface area (Å²) < 4.78 is 22.9. The predicted molar refractivity (Wildman–Crippen MR) is 69.8 cm³/mol. The molecule has 100 valence electrons. The van der Waals surface area contributed by atoms with E-state index in [9.17, 15) is 8.42 Å². The van der Waals surface area contributed by atoms with Gasteiger partial charge in [-0.25, -0.2) is 8.42 Å². The van der Waals surface area contributed by atoms with Crippen molar-refractivity contribution >= 4 is 33.3 Å². The molecule has 0 radical (unpaired) electrons. The molecule has 1 saturated heterocycles. The quantitative estimate of drug-likeness (QED) is 0.850. The zero-order chi connectivity index (χ0) is 13.3. The highest BCUT2D eigenvalue weighted by Crippen LogP contribution is 2.21. The van der Waals surface area contributed by atoms with Gasteiger partial charge in [-0.05, 0) is 18.0 Å². The summed E-state index contributed by atoms with van der Waals surface area (Å²) in [6.07, 6.45) is 0.580. The van der Waals surface area contributed by atoms with Gasteiger partial charge < -0.3 is 10.2 Å². The van der Waals surface area contributed by atoms with Crippen LogP contribution in [0, 0.1) is 0 Å². The minimum absolute atomic E-state index is 0.0806. The highest BCUT2D eigenvalue weighted by Gasteiger charge is 2.32. The second-order valence-corrected chi connectivity index (χ2v) is 6.71. The zero-order valence-corrected chi connectivity index (χ0v) is 11.7. The summed E-state index contributed by atoms with van der Waals surface area (Å²) >= 11 is 5.79. The number of hydrogen-bond donors (Lipinski definition) is 1. The molecule has 9 heteroatoms. The smallest absolute Gasteiger partial charge is 0.231 e. The van der Waals surface area contributed by atoms with Gasteiger partial charge in [-0.15, -0.1) is 0 Å². The Balaban J connectivity index is 2.23. The standard InChI is InChI=1S/C9H14ClN5O2S/c1-11-8-12-7(10)13-9(14-8)15(2)6-3-4-18(16,17)5-6/h6H,3-5H2,1-2H3,(H,11,12,13,14). The van der Waals surface area contributed by atoms with Crippen LogP contribution in [0.2, 0.25) is 5.28 Å². The number of sulfone groups is 1. The van der Waals surface area contributed by atoms with Crippen LogP contribution in [-0.4, -0.2) is 55.0 Å². The summed E-state index contributed by atoms with van der Waals surface area (Å²) in [6.45, 7) is 0. The van der Waals surface area contributed by atoms with Gasteiger partial charge in [-0.1, -0.05) is 0 Å². The average Bonchev–Trinajstić information content (AvgIpc) is 2.67. The number of nitrogens with zero attached hydrogens (tertiary/aromatic N) is 4. The molecular formula is C9H14ClN5O2S. The average molecular weight is 292 g/mol. The molecule has 7 nitrogen and oxygen atoms in total. The molecule has 2 heterocycles.